The highest BCUT2D eigenvalue weighted by Gasteiger charge is 2.27. The van der Waals surface area contributed by atoms with Gasteiger partial charge < -0.3 is 24.6 Å². The van der Waals surface area contributed by atoms with Crippen LogP contribution in [0.4, 0.5) is 15.0 Å². The van der Waals surface area contributed by atoms with E-state index in [1.807, 2.05) is 41.5 Å². The Kier molecular flexibility index (Phi) is 9.29. The maximum Gasteiger partial charge on any atom is 0.407 e. The highest BCUT2D eigenvalue weighted by molar-refractivity contribution is 5.97. The number of hydrogen-bond donors (Lipinski definition) is 1. The molecular weight excluding hydrogens is 477 g/mol. The zero-order valence-electron chi connectivity index (χ0n) is 22.6. The van der Waals surface area contributed by atoms with Gasteiger partial charge in [0.25, 0.3) is 5.91 Å². The van der Waals surface area contributed by atoms with E-state index >= 15 is 0 Å². The Balaban J connectivity index is 1.78. The summed E-state index contributed by atoms with van der Waals surface area (Å²) in [5.74, 6) is 0.454. The van der Waals surface area contributed by atoms with E-state index in [1.165, 1.54) is 30.7 Å². The minimum atomic E-state index is -0.519. The van der Waals surface area contributed by atoms with Gasteiger partial charge in [-0.25, -0.2) is 19.2 Å². The summed E-state index contributed by atoms with van der Waals surface area (Å²) in [6, 6.07) is 3.86. The van der Waals surface area contributed by atoms with Gasteiger partial charge in [-0.05, 0) is 72.6 Å². The maximum atomic E-state index is 14.1. The summed E-state index contributed by atoms with van der Waals surface area (Å²) in [5, 5.41) is 2.80. The van der Waals surface area contributed by atoms with Crippen LogP contribution in [0.25, 0.3) is 0 Å². The number of piperidine rings is 1. The molecule has 1 aromatic heterocycles. The highest BCUT2D eigenvalue weighted by atomic mass is 19.1. The van der Waals surface area contributed by atoms with E-state index in [0.717, 1.165) is 19.4 Å². The topological polar surface area (TPSA) is 96.9 Å². The number of rotatable bonds is 8. The molecule has 0 saturated carbocycles. The van der Waals surface area contributed by atoms with Crippen molar-refractivity contribution in [3.8, 4) is 11.5 Å². The van der Waals surface area contributed by atoms with Gasteiger partial charge in [-0.3, -0.25) is 4.79 Å². The zero-order valence-corrected chi connectivity index (χ0v) is 22.6. The molecule has 0 unspecified atom stereocenters. The van der Waals surface area contributed by atoms with Crippen LogP contribution in [0.15, 0.2) is 30.7 Å². The third kappa shape index (κ3) is 7.77. The van der Waals surface area contributed by atoms with Gasteiger partial charge >= 0.3 is 6.09 Å². The van der Waals surface area contributed by atoms with Crippen LogP contribution in [0.2, 0.25) is 0 Å². The van der Waals surface area contributed by atoms with Crippen molar-refractivity contribution in [3.05, 3.63) is 42.1 Å². The normalized spacial score (nSPS) is 15.9. The summed E-state index contributed by atoms with van der Waals surface area (Å²) in [4.78, 5) is 37.6. The minimum Gasteiger partial charge on any atom is -0.451 e. The minimum absolute atomic E-state index is 0.0535. The van der Waals surface area contributed by atoms with Crippen LogP contribution >= 0.6 is 0 Å². The molecule has 1 N–H and O–H groups in total. The monoisotopic (exact) mass is 515 g/mol. The summed E-state index contributed by atoms with van der Waals surface area (Å²) in [6.07, 6.45) is 4.34. The number of anilines is 1. The Labute approximate surface area is 218 Å². The molecular formula is C27H38FN5O4. The zero-order chi connectivity index (χ0) is 27.2. The van der Waals surface area contributed by atoms with Gasteiger partial charge in [-0.15, -0.1) is 0 Å². The standard InChI is InChI=1S/C27H38FN5O4/c1-7-33(18(2)3)25(34)21-13-20(28)10-11-22(21)37-23-14-29-17-30-24(23)32-12-8-9-19(15-32)16-36-26(35)31-27(4,5)6/h10-11,13-14,17-19H,7-9,12,15-16H2,1-6H3,(H,31,35)/t19-/m0/s1. The average molecular weight is 516 g/mol. The second-order valence-corrected chi connectivity index (χ2v) is 10.6. The quantitative estimate of drug-likeness (QED) is 0.527. The molecule has 1 saturated heterocycles. The smallest absolute Gasteiger partial charge is 0.407 e. The van der Waals surface area contributed by atoms with Crippen LogP contribution in [0.3, 0.4) is 0 Å². The fourth-order valence-corrected chi connectivity index (χ4v) is 4.32. The first-order chi connectivity index (χ1) is 17.5. The second-order valence-electron chi connectivity index (χ2n) is 10.6. The summed E-state index contributed by atoms with van der Waals surface area (Å²) < 4.78 is 25.8. The fraction of sp³-hybridized carbons (Fsp3) is 0.556. The molecule has 9 nitrogen and oxygen atoms in total. The number of nitrogens with zero attached hydrogens (tertiary/aromatic N) is 4. The van der Waals surface area contributed by atoms with Gasteiger partial charge in [-0.1, -0.05) is 0 Å². The van der Waals surface area contributed by atoms with Gasteiger partial charge in [0.15, 0.2) is 11.6 Å². The Bertz CT molecular complexity index is 1090. The number of halogens is 1. The van der Waals surface area contributed by atoms with E-state index in [1.54, 1.807) is 4.90 Å². The molecule has 10 heteroatoms. The number of hydrogen-bond acceptors (Lipinski definition) is 7. The number of carbonyl (C=O) groups is 2. The lowest BCUT2D eigenvalue weighted by atomic mass is 9.99. The predicted octanol–water partition coefficient (Wildman–Crippen LogP) is 5.02. The summed E-state index contributed by atoms with van der Waals surface area (Å²) in [6.45, 7) is 13.5. The average Bonchev–Trinajstić information content (AvgIpc) is 2.83. The number of alkyl carbamates (subject to hydrolysis) is 1. The molecule has 202 valence electrons. The van der Waals surface area contributed by atoms with Crippen LogP contribution in [-0.4, -0.2) is 64.7 Å². The lowest BCUT2D eigenvalue weighted by molar-refractivity contribution is 0.0713. The third-order valence-corrected chi connectivity index (χ3v) is 6.02. The van der Waals surface area contributed by atoms with E-state index in [9.17, 15) is 14.0 Å². The molecule has 0 aliphatic carbocycles. The van der Waals surface area contributed by atoms with Crippen molar-refractivity contribution in [2.45, 2.75) is 66.0 Å². The largest absolute Gasteiger partial charge is 0.451 e. The summed E-state index contributed by atoms with van der Waals surface area (Å²) in [5.41, 5.74) is -0.229. The second kappa shape index (κ2) is 12.2. The Morgan fingerprint density at radius 2 is 2.03 bits per heavy atom. The number of ether oxygens (including phenoxy) is 2. The van der Waals surface area contributed by atoms with Crippen molar-refractivity contribution in [1.29, 1.82) is 0 Å². The molecule has 1 fully saturated rings. The molecule has 0 radical (unpaired) electrons. The first kappa shape index (κ1) is 28.1. The molecule has 2 amide bonds. The number of aromatic nitrogens is 2. The Hall–Kier alpha value is -3.43. The van der Waals surface area contributed by atoms with Crippen LogP contribution in [-0.2, 0) is 4.74 Å². The summed E-state index contributed by atoms with van der Waals surface area (Å²) in [7, 11) is 0. The Morgan fingerprint density at radius 3 is 2.70 bits per heavy atom. The number of carbonyl (C=O) groups excluding carboxylic acids is 2. The van der Waals surface area contributed by atoms with Gasteiger partial charge in [0, 0.05) is 37.1 Å². The first-order valence-corrected chi connectivity index (χ1v) is 12.8. The highest BCUT2D eigenvalue weighted by Crippen LogP contribution is 2.34. The van der Waals surface area contributed by atoms with Gasteiger partial charge in [0.05, 0.1) is 18.4 Å². The van der Waals surface area contributed by atoms with Gasteiger partial charge in [-0.2, -0.15) is 0 Å². The Morgan fingerprint density at radius 1 is 1.27 bits per heavy atom. The van der Waals surface area contributed by atoms with Crippen molar-refractivity contribution in [1.82, 2.24) is 20.2 Å². The number of amides is 2. The molecule has 2 aromatic rings. The van der Waals surface area contributed by atoms with E-state index in [2.05, 4.69) is 20.2 Å². The number of benzene rings is 1. The molecule has 0 spiro atoms. The van der Waals surface area contributed by atoms with E-state index in [4.69, 9.17) is 9.47 Å². The molecule has 1 aliphatic rings. The molecule has 1 aromatic carbocycles. The predicted molar refractivity (Wildman–Crippen MR) is 140 cm³/mol. The molecule has 1 atom stereocenters. The van der Waals surface area contributed by atoms with E-state index in [0.29, 0.717) is 31.3 Å². The van der Waals surface area contributed by atoms with Crippen LogP contribution in [0.5, 0.6) is 11.5 Å². The molecule has 1 aliphatic heterocycles. The fourth-order valence-electron chi connectivity index (χ4n) is 4.32. The number of nitrogens with one attached hydrogen (secondary N) is 1. The van der Waals surface area contributed by atoms with Crippen molar-refractivity contribution in [2.75, 3.05) is 31.1 Å². The third-order valence-electron chi connectivity index (χ3n) is 6.02. The first-order valence-electron chi connectivity index (χ1n) is 12.8. The van der Waals surface area contributed by atoms with E-state index in [-0.39, 0.29) is 34.7 Å². The van der Waals surface area contributed by atoms with Crippen molar-refractivity contribution in [3.63, 3.8) is 0 Å². The lowest BCUT2D eigenvalue weighted by Crippen LogP contribution is -2.43. The molecule has 0 bridgehead atoms. The molecule has 2 heterocycles. The van der Waals surface area contributed by atoms with Crippen LogP contribution in [0.1, 0.15) is 64.7 Å². The van der Waals surface area contributed by atoms with Crippen molar-refractivity contribution < 1.29 is 23.5 Å². The SMILES string of the molecule is CCN(C(=O)c1cc(F)ccc1Oc1cncnc1N1CCC[C@H](COC(=O)NC(C)(C)C)C1)C(C)C. The molecule has 37 heavy (non-hydrogen) atoms. The maximum absolute atomic E-state index is 14.1. The van der Waals surface area contributed by atoms with E-state index < -0.39 is 11.9 Å². The molecule has 3 rings (SSSR count). The van der Waals surface area contributed by atoms with Gasteiger partial charge in [0.2, 0.25) is 0 Å². The van der Waals surface area contributed by atoms with Crippen molar-refractivity contribution in [2.24, 2.45) is 5.92 Å². The van der Waals surface area contributed by atoms with Crippen molar-refractivity contribution >= 4 is 17.8 Å². The van der Waals surface area contributed by atoms with Crippen LogP contribution < -0.4 is 15.0 Å². The van der Waals surface area contributed by atoms with Crippen LogP contribution in [0, 0.1) is 11.7 Å². The van der Waals surface area contributed by atoms with Gasteiger partial charge in [0.1, 0.15) is 17.9 Å². The lowest BCUT2D eigenvalue weighted by Gasteiger charge is -2.34. The summed E-state index contributed by atoms with van der Waals surface area (Å²) >= 11 is 0.